The van der Waals surface area contributed by atoms with Crippen molar-refractivity contribution < 1.29 is 27.8 Å². The van der Waals surface area contributed by atoms with Crippen molar-refractivity contribution in [1.29, 1.82) is 0 Å². The molecule has 0 saturated carbocycles. The van der Waals surface area contributed by atoms with Gasteiger partial charge in [-0.1, -0.05) is 12.1 Å². The number of carbonyl (C=O) groups excluding carboxylic acids is 1. The third kappa shape index (κ3) is 5.63. The van der Waals surface area contributed by atoms with E-state index in [9.17, 15) is 18.0 Å². The largest absolute Gasteiger partial charge is 0.484 e. The Bertz CT molecular complexity index is 537. The lowest BCUT2D eigenvalue weighted by Gasteiger charge is -2.17. The molecule has 5 nitrogen and oxygen atoms in total. The fraction of sp³-hybridized carbons (Fsp3) is 0.533. The van der Waals surface area contributed by atoms with Crippen molar-refractivity contribution in [2.45, 2.75) is 19.1 Å². The maximum absolute atomic E-state index is 12.1. The van der Waals surface area contributed by atoms with Crippen LogP contribution in [0.1, 0.15) is 12.0 Å². The minimum absolute atomic E-state index is 0.0579. The Labute approximate surface area is 132 Å². The van der Waals surface area contributed by atoms with Crippen molar-refractivity contribution in [2.24, 2.45) is 5.92 Å². The van der Waals surface area contributed by atoms with E-state index in [-0.39, 0.29) is 30.9 Å². The number of aliphatic hydroxyl groups is 1. The van der Waals surface area contributed by atoms with Gasteiger partial charge < -0.3 is 20.1 Å². The fourth-order valence-corrected chi connectivity index (χ4v) is 2.37. The van der Waals surface area contributed by atoms with Gasteiger partial charge >= 0.3 is 12.2 Å². The Morgan fingerprint density at radius 1 is 1.43 bits per heavy atom. The topological polar surface area (TPSA) is 61.8 Å². The minimum atomic E-state index is -4.39. The highest BCUT2D eigenvalue weighted by molar-refractivity contribution is 5.74. The van der Waals surface area contributed by atoms with Gasteiger partial charge in [-0.05, 0) is 24.1 Å². The van der Waals surface area contributed by atoms with Gasteiger partial charge in [0.05, 0.1) is 0 Å². The molecule has 0 radical (unpaired) electrons. The van der Waals surface area contributed by atoms with Crippen molar-refractivity contribution in [1.82, 2.24) is 10.2 Å². The van der Waals surface area contributed by atoms with Gasteiger partial charge in [0.25, 0.3) is 0 Å². The average Bonchev–Trinajstić information content (AvgIpc) is 2.99. The van der Waals surface area contributed by atoms with Gasteiger partial charge in [-0.15, -0.1) is 0 Å². The second kappa shape index (κ2) is 7.54. The summed E-state index contributed by atoms with van der Waals surface area (Å²) in [5.74, 6) is 0.218. The smallest absolute Gasteiger partial charge is 0.422 e. The highest BCUT2D eigenvalue weighted by atomic mass is 19.4. The number of rotatable bonds is 5. The Hall–Kier alpha value is -1.96. The molecule has 2 N–H and O–H groups in total. The van der Waals surface area contributed by atoms with Gasteiger partial charge in [-0.3, -0.25) is 0 Å². The number of amides is 2. The van der Waals surface area contributed by atoms with Gasteiger partial charge in [-0.2, -0.15) is 13.2 Å². The first kappa shape index (κ1) is 17.4. The predicted molar refractivity (Wildman–Crippen MR) is 77.0 cm³/mol. The quantitative estimate of drug-likeness (QED) is 0.868. The van der Waals surface area contributed by atoms with E-state index >= 15 is 0 Å². The summed E-state index contributed by atoms with van der Waals surface area (Å²) >= 11 is 0. The number of halogens is 3. The first-order chi connectivity index (χ1) is 10.9. The molecule has 1 saturated heterocycles. The number of benzene rings is 1. The number of hydrogen-bond donors (Lipinski definition) is 2. The van der Waals surface area contributed by atoms with Crippen LogP contribution in [0.3, 0.4) is 0 Å². The lowest BCUT2D eigenvalue weighted by molar-refractivity contribution is -0.153. The zero-order valence-corrected chi connectivity index (χ0v) is 12.5. The molecule has 0 spiro atoms. The number of likely N-dealkylation sites (tertiary alicyclic amines) is 1. The number of aliphatic hydroxyl groups excluding tert-OH is 1. The molecule has 2 rings (SSSR count). The number of nitrogens with zero attached hydrogens (tertiary/aromatic N) is 1. The molecular weight excluding hydrogens is 313 g/mol. The van der Waals surface area contributed by atoms with Crippen molar-refractivity contribution in [2.75, 3.05) is 26.3 Å². The summed E-state index contributed by atoms with van der Waals surface area (Å²) in [6.07, 6.45) is -3.62. The molecule has 0 aliphatic carbocycles. The zero-order valence-electron chi connectivity index (χ0n) is 12.5. The normalized spacial score (nSPS) is 18.1. The Morgan fingerprint density at radius 3 is 2.87 bits per heavy atom. The predicted octanol–water partition coefficient (Wildman–Crippen LogP) is 2.15. The molecular formula is C15H19F3N2O3. The SMILES string of the molecule is O=C(NCc1cccc(OCC(F)(F)F)c1)N1CCC(CO)C1. The Morgan fingerprint density at radius 2 is 2.22 bits per heavy atom. The monoisotopic (exact) mass is 332 g/mol. The number of hydrogen-bond acceptors (Lipinski definition) is 3. The summed E-state index contributed by atoms with van der Waals surface area (Å²) in [5.41, 5.74) is 0.649. The fourth-order valence-electron chi connectivity index (χ4n) is 2.37. The summed E-state index contributed by atoms with van der Waals surface area (Å²) in [7, 11) is 0. The van der Waals surface area contributed by atoms with Crippen LogP contribution in [-0.2, 0) is 6.54 Å². The summed E-state index contributed by atoms with van der Waals surface area (Å²) < 4.78 is 41.0. The van der Waals surface area contributed by atoms with Crippen LogP contribution >= 0.6 is 0 Å². The lowest BCUT2D eigenvalue weighted by Crippen LogP contribution is -2.38. The molecule has 1 aromatic carbocycles. The molecule has 128 valence electrons. The molecule has 1 fully saturated rings. The standard InChI is InChI=1S/C15H19F3N2O3/c16-15(17,18)10-23-13-3-1-2-11(6-13)7-19-14(22)20-5-4-12(8-20)9-21/h1-3,6,12,21H,4-5,7-10H2,(H,19,22). The van der Waals surface area contributed by atoms with E-state index in [1.54, 1.807) is 17.0 Å². The van der Waals surface area contributed by atoms with Crippen LogP contribution in [0.4, 0.5) is 18.0 Å². The molecule has 1 aliphatic rings. The van der Waals surface area contributed by atoms with Gasteiger partial charge in [0, 0.05) is 32.2 Å². The third-order valence-corrected chi connectivity index (χ3v) is 3.58. The van der Waals surface area contributed by atoms with Crippen molar-refractivity contribution in [3.8, 4) is 5.75 Å². The second-order valence-electron chi connectivity index (χ2n) is 5.49. The van der Waals surface area contributed by atoms with E-state index in [0.717, 1.165) is 6.42 Å². The molecule has 0 aromatic heterocycles. The maximum Gasteiger partial charge on any atom is 0.422 e. The Kier molecular flexibility index (Phi) is 5.70. The van der Waals surface area contributed by atoms with Crippen LogP contribution in [0.2, 0.25) is 0 Å². The van der Waals surface area contributed by atoms with Crippen LogP contribution in [0.5, 0.6) is 5.75 Å². The number of ether oxygens (including phenoxy) is 1. The minimum Gasteiger partial charge on any atom is -0.484 e. The summed E-state index contributed by atoms with van der Waals surface area (Å²) in [5, 5.41) is 11.8. The van der Waals surface area contributed by atoms with Crippen LogP contribution < -0.4 is 10.1 Å². The van der Waals surface area contributed by atoms with E-state index in [1.165, 1.54) is 12.1 Å². The van der Waals surface area contributed by atoms with Crippen LogP contribution in [0.15, 0.2) is 24.3 Å². The first-order valence-corrected chi connectivity index (χ1v) is 7.29. The van der Waals surface area contributed by atoms with E-state index in [2.05, 4.69) is 10.1 Å². The summed E-state index contributed by atoms with van der Waals surface area (Å²) in [4.78, 5) is 13.6. The van der Waals surface area contributed by atoms with Gasteiger partial charge in [0.2, 0.25) is 0 Å². The van der Waals surface area contributed by atoms with Crippen LogP contribution in [0, 0.1) is 5.92 Å². The summed E-state index contributed by atoms with van der Waals surface area (Å²) in [6, 6.07) is 5.92. The van der Waals surface area contributed by atoms with Gasteiger partial charge in [0.1, 0.15) is 5.75 Å². The van der Waals surface area contributed by atoms with Gasteiger partial charge in [0.15, 0.2) is 6.61 Å². The molecule has 23 heavy (non-hydrogen) atoms. The van der Waals surface area contributed by atoms with Crippen molar-refractivity contribution >= 4 is 6.03 Å². The maximum atomic E-state index is 12.1. The van der Waals surface area contributed by atoms with E-state index < -0.39 is 12.8 Å². The summed E-state index contributed by atoms with van der Waals surface area (Å²) in [6.45, 7) is 0.00666. The van der Waals surface area contributed by atoms with E-state index in [1.807, 2.05) is 0 Å². The highest BCUT2D eigenvalue weighted by Gasteiger charge is 2.28. The lowest BCUT2D eigenvalue weighted by atomic mass is 10.1. The number of urea groups is 1. The number of alkyl halides is 3. The molecule has 2 amide bonds. The third-order valence-electron chi connectivity index (χ3n) is 3.58. The highest BCUT2D eigenvalue weighted by Crippen LogP contribution is 2.19. The zero-order chi connectivity index (χ0) is 16.9. The van der Waals surface area contributed by atoms with E-state index in [4.69, 9.17) is 5.11 Å². The number of carbonyl (C=O) groups is 1. The molecule has 1 atom stereocenters. The van der Waals surface area contributed by atoms with E-state index in [0.29, 0.717) is 18.7 Å². The average molecular weight is 332 g/mol. The Balaban J connectivity index is 1.82. The molecule has 1 unspecified atom stereocenters. The molecule has 8 heteroatoms. The number of nitrogens with one attached hydrogen (secondary N) is 1. The molecule has 1 aromatic rings. The van der Waals surface area contributed by atoms with Crippen molar-refractivity contribution in [3.63, 3.8) is 0 Å². The molecule has 1 heterocycles. The van der Waals surface area contributed by atoms with Crippen molar-refractivity contribution in [3.05, 3.63) is 29.8 Å². The van der Waals surface area contributed by atoms with Gasteiger partial charge in [-0.25, -0.2) is 4.79 Å². The molecule has 0 bridgehead atoms. The molecule has 1 aliphatic heterocycles. The second-order valence-corrected chi connectivity index (χ2v) is 5.49. The van der Waals surface area contributed by atoms with Crippen LogP contribution in [0.25, 0.3) is 0 Å². The van der Waals surface area contributed by atoms with Crippen LogP contribution in [-0.4, -0.2) is 48.5 Å². The first-order valence-electron chi connectivity index (χ1n) is 7.29.